The van der Waals surface area contributed by atoms with E-state index in [1.165, 1.54) is 28.5 Å². The molecule has 2 aliphatic carbocycles. The molecule has 3 rings (SSSR count). The van der Waals surface area contributed by atoms with Gasteiger partial charge in [0.05, 0.1) is 10.3 Å². The Morgan fingerprint density at radius 1 is 1.50 bits per heavy atom. The second-order valence-electron chi connectivity index (χ2n) is 3.59. The van der Waals surface area contributed by atoms with Crippen LogP contribution >= 0.6 is 11.8 Å². The Morgan fingerprint density at radius 3 is 2.86 bits per heavy atom. The molecule has 0 aromatic rings. The Labute approximate surface area is 86.4 Å². The van der Waals surface area contributed by atoms with Crippen LogP contribution in [0.2, 0.25) is 0 Å². The minimum absolute atomic E-state index is 0.0167. The van der Waals surface area contributed by atoms with E-state index in [0.29, 0.717) is 0 Å². The van der Waals surface area contributed by atoms with E-state index < -0.39 is 0 Å². The number of carbonyl (C=O) groups is 1. The van der Waals surface area contributed by atoms with E-state index >= 15 is 0 Å². The van der Waals surface area contributed by atoms with Gasteiger partial charge < -0.3 is 5.32 Å². The highest BCUT2D eigenvalue weighted by atomic mass is 32.2. The number of thioether (sulfide) groups is 1. The summed E-state index contributed by atoms with van der Waals surface area (Å²) in [5.41, 5.74) is 3.97. The number of amides is 1. The lowest BCUT2D eigenvalue weighted by atomic mass is 10.1. The van der Waals surface area contributed by atoms with Crippen LogP contribution in [0.4, 0.5) is 0 Å². The molecule has 1 aliphatic heterocycles. The SMILES string of the molecule is C=C1NC(=O)C(Cc2ccc3cc2-3)S1. The molecule has 1 fully saturated rings. The van der Waals surface area contributed by atoms with Gasteiger partial charge in [0, 0.05) is 0 Å². The number of rotatable bonds is 2. The summed E-state index contributed by atoms with van der Waals surface area (Å²) in [5, 5.41) is 3.53. The largest absolute Gasteiger partial charge is 0.320 e. The van der Waals surface area contributed by atoms with Crippen molar-refractivity contribution in [3.63, 3.8) is 0 Å². The van der Waals surface area contributed by atoms with Crippen molar-refractivity contribution in [3.05, 3.63) is 35.4 Å². The van der Waals surface area contributed by atoms with Gasteiger partial charge in [0.15, 0.2) is 0 Å². The number of benzene rings is 1. The molecular formula is C11H9NOS. The first kappa shape index (κ1) is 8.12. The molecule has 2 nitrogen and oxygen atoms in total. The average Bonchev–Trinajstić information content (AvgIpc) is 2.72. The molecule has 14 heavy (non-hydrogen) atoms. The zero-order valence-electron chi connectivity index (χ0n) is 7.54. The molecule has 0 aromatic carbocycles. The first-order chi connectivity index (χ1) is 6.74. The summed E-state index contributed by atoms with van der Waals surface area (Å²) in [6.45, 7) is 3.74. The molecule has 1 N–H and O–H groups in total. The number of carbonyl (C=O) groups excluding carboxylic acids is 1. The summed E-state index contributed by atoms with van der Waals surface area (Å²) < 4.78 is 0. The van der Waals surface area contributed by atoms with Crippen LogP contribution in [0.5, 0.6) is 0 Å². The fourth-order valence-corrected chi connectivity index (χ4v) is 2.73. The molecule has 0 bridgehead atoms. The van der Waals surface area contributed by atoms with Gasteiger partial charge >= 0.3 is 0 Å². The van der Waals surface area contributed by atoms with Crippen LogP contribution < -0.4 is 5.32 Å². The lowest BCUT2D eigenvalue weighted by Gasteiger charge is -2.03. The van der Waals surface area contributed by atoms with Crippen LogP contribution in [0, 0.1) is 0 Å². The predicted octanol–water partition coefficient (Wildman–Crippen LogP) is 1.91. The van der Waals surface area contributed by atoms with Crippen molar-refractivity contribution in [3.8, 4) is 11.1 Å². The standard InChI is InChI=1S/C11H9NOS/c1-6-12-11(13)10(14-6)5-8-3-2-7-4-9(7)8/h2-4,10H,1,5H2,(H,12,13). The highest BCUT2D eigenvalue weighted by Crippen LogP contribution is 2.40. The van der Waals surface area contributed by atoms with Crippen LogP contribution in [-0.4, -0.2) is 11.2 Å². The number of nitrogens with one attached hydrogen (secondary N) is 1. The summed E-state index contributed by atoms with van der Waals surface area (Å²) in [7, 11) is 0. The Balaban J connectivity index is 1.76. The Kier molecular flexibility index (Phi) is 1.53. The molecule has 1 heterocycles. The molecule has 0 aromatic heterocycles. The second-order valence-corrected chi connectivity index (χ2v) is 4.89. The van der Waals surface area contributed by atoms with E-state index in [9.17, 15) is 4.79 Å². The maximum Gasteiger partial charge on any atom is 0.238 e. The number of hydrogen-bond acceptors (Lipinski definition) is 2. The monoisotopic (exact) mass is 203 g/mol. The second kappa shape index (κ2) is 2.64. The van der Waals surface area contributed by atoms with Gasteiger partial charge in [-0.1, -0.05) is 30.5 Å². The number of hydrogen-bond donors (Lipinski definition) is 1. The molecular weight excluding hydrogens is 194 g/mol. The summed E-state index contributed by atoms with van der Waals surface area (Å²) in [6.07, 6.45) is 0.821. The van der Waals surface area contributed by atoms with Crippen molar-refractivity contribution >= 4 is 17.7 Å². The van der Waals surface area contributed by atoms with Crippen LogP contribution in [-0.2, 0) is 11.2 Å². The van der Waals surface area contributed by atoms with Crippen LogP contribution in [0.15, 0.2) is 29.8 Å². The number of fused-ring (bicyclic) bond motifs is 1. The van der Waals surface area contributed by atoms with Gasteiger partial charge in [0.25, 0.3) is 0 Å². The molecule has 70 valence electrons. The third kappa shape index (κ3) is 1.16. The first-order valence-corrected chi connectivity index (χ1v) is 5.42. The molecule has 1 amide bonds. The lowest BCUT2D eigenvalue weighted by molar-refractivity contribution is -0.119. The Bertz CT molecular complexity index is 453. The molecule has 0 saturated carbocycles. The van der Waals surface area contributed by atoms with Crippen molar-refractivity contribution in [1.29, 1.82) is 0 Å². The zero-order chi connectivity index (χ0) is 9.71. The van der Waals surface area contributed by atoms with E-state index in [0.717, 1.165) is 11.4 Å². The fourth-order valence-electron chi connectivity index (χ4n) is 1.80. The van der Waals surface area contributed by atoms with E-state index in [2.05, 4.69) is 30.1 Å². The zero-order valence-corrected chi connectivity index (χ0v) is 8.36. The van der Waals surface area contributed by atoms with Gasteiger partial charge in [-0.2, -0.15) is 0 Å². The Hall–Kier alpha value is -1.22. The van der Waals surface area contributed by atoms with Crippen LogP contribution in [0.3, 0.4) is 0 Å². The Morgan fingerprint density at radius 2 is 2.36 bits per heavy atom. The molecule has 0 radical (unpaired) electrons. The quantitative estimate of drug-likeness (QED) is 0.807. The summed E-state index contributed by atoms with van der Waals surface area (Å²) in [5.74, 6) is 0.0931. The maximum atomic E-state index is 11.4. The maximum absolute atomic E-state index is 11.4. The molecule has 1 saturated heterocycles. The fraction of sp³-hybridized carbons (Fsp3) is 0.182. The molecule has 1 atom stereocenters. The van der Waals surface area contributed by atoms with Gasteiger partial charge in [-0.05, 0) is 29.2 Å². The smallest absolute Gasteiger partial charge is 0.238 e. The first-order valence-electron chi connectivity index (χ1n) is 4.54. The molecule has 3 heteroatoms. The third-order valence-corrected chi connectivity index (χ3v) is 3.63. The molecule has 0 spiro atoms. The van der Waals surface area contributed by atoms with E-state index in [-0.39, 0.29) is 11.2 Å². The molecule has 1 unspecified atom stereocenters. The van der Waals surface area contributed by atoms with Gasteiger partial charge in [0.1, 0.15) is 0 Å². The lowest BCUT2D eigenvalue weighted by Crippen LogP contribution is -2.23. The minimum atomic E-state index is 0.0167. The van der Waals surface area contributed by atoms with Crippen molar-refractivity contribution in [2.24, 2.45) is 0 Å². The van der Waals surface area contributed by atoms with Crippen molar-refractivity contribution in [1.82, 2.24) is 5.32 Å². The van der Waals surface area contributed by atoms with E-state index in [1.807, 2.05) is 0 Å². The van der Waals surface area contributed by atoms with Gasteiger partial charge in [0.2, 0.25) is 5.91 Å². The van der Waals surface area contributed by atoms with Crippen molar-refractivity contribution < 1.29 is 4.79 Å². The van der Waals surface area contributed by atoms with Crippen LogP contribution in [0.1, 0.15) is 5.56 Å². The van der Waals surface area contributed by atoms with E-state index in [4.69, 9.17) is 0 Å². The summed E-state index contributed by atoms with van der Waals surface area (Å²) in [4.78, 5) is 11.4. The minimum Gasteiger partial charge on any atom is -0.320 e. The summed E-state index contributed by atoms with van der Waals surface area (Å²) >= 11 is 1.53. The predicted molar refractivity (Wildman–Crippen MR) is 57.8 cm³/mol. The molecule has 3 aliphatic rings. The normalized spacial score (nSPS) is 22.4. The van der Waals surface area contributed by atoms with Gasteiger partial charge in [-0.3, -0.25) is 4.79 Å². The van der Waals surface area contributed by atoms with Gasteiger partial charge in [-0.15, -0.1) is 0 Å². The van der Waals surface area contributed by atoms with Crippen molar-refractivity contribution in [2.75, 3.05) is 0 Å². The van der Waals surface area contributed by atoms with Gasteiger partial charge in [-0.25, -0.2) is 0 Å². The van der Waals surface area contributed by atoms with E-state index in [1.54, 1.807) is 0 Å². The van der Waals surface area contributed by atoms with Crippen molar-refractivity contribution in [2.45, 2.75) is 11.7 Å². The summed E-state index contributed by atoms with van der Waals surface area (Å²) in [6, 6.07) is 6.37. The average molecular weight is 203 g/mol. The third-order valence-electron chi connectivity index (χ3n) is 2.58. The highest BCUT2D eigenvalue weighted by Gasteiger charge is 2.30. The topological polar surface area (TPSA) is 29.1 Å². The van der Waals surface area contributed by atoms with Crippen LogP contribution in [0.25, 0.3) is 11.1 Å². The highest BCUT2D eigenvalue weighted by molar-refractivity contribution is 8.04.